The standard InChI is InChI=1S/C12H17FN2O2S2/c1-9-7-10(13)11(14)8-12(9)19(16,17)15-3-2-5-18-6-4-15/h7-8H,2-6,14H2,1H3. The molecule has 0 radical (unpaired) electrons. The second-order valence-corrected chi connectivity index (χ2v) is 7.64. The summed E-state index contributed by atoms with van der Waals surface area (Å²) in [7, 11) is -3.58. The SMILES string of the molecule is Cc1cc(F)c(N)cc1S(=O)(=O)N1CCCSCC1. The third kappa shape index (κ3) is 3.04. The Morgan fingerprint density at radius 1 is 1.32 bits per heavy atom. The van der Waals surface area contributed by atoms with Crippen LogP contribution in [0.3, 0.4) is 0 Å². The molecule has 0 atom stereocenters. The lowest BCUT2D eigenvalue weighted by Gasteiger charge is -2.21. The molecule has 0 amide bonds. The van der Waals surface area contributed by atoms with Gasteiger partial charge in [0.2, 0.25) is 10.0 Å². The van der Waals surface area contributed by atoms with Crippen LogP contribution in [-0.2, 0) is 10.0 Å². The number of rotatable bonds is 2. The summed E-state index contributed by atoms with van der Waals surface area (Å²) in [4.78, 5) is 0.110. The predicted octanol–water partition coefficient (Wildman–Crippen LogP) is 1.84. The van der Waals surface area contributed by atoms with Crippen molar-refractivity contribution in [2.24, 2.45) is 0 Å². The number of aryl methyl sites for hydroxylation is 1. The number of nitrogens with zero attached hydrogens (tertiary/aromatic N) is 1. The molecule has 0 spiro atoms. The summed E-state index contributed by atoms with van der Waals surface area (Å²) in [5, 5.41) is 0. The number of halogens is 1. The van der Waals surface area contributed by atoms with E-state index < -0.39 is 15.8 Å². The molecular weight excluding hydrogens is 287 g/mol. The van der Waals surface area contributed by atoms with Crippen LogP contribution in [0.2, 0.25) is 0 Å². The first-order chi connectivity index (χ1) is 8.93. The quantitative estimate of drug-likeness (QED) is 0.847. The highest BCUT2D eigenvalue weighted by molar-refractivity contribution is 7.99. The fourth-order valence-electron chi connectivity index (χ4n) is 2.05. The summed E-state index contributed by atoms with van der Waals surface area (Å²) in [5.41, 5.74) is 5.75. The zero-order chi connectivity index (χ0) is 14.0. The molecule has 2 N–H and O–H groups in total. The number of nitrogen functional groups attached to an aromatic ring is 1. The van der Waals surface area contributed by atoms with Crippen LogP contribution in [-0.4, -0.2) is 37.3 Å². The molecule has 1 fully saturated rings. The van der Waals surface area contributed by atoms with Gasteiger partial charge in [-0.1, -0.05) is 0 Å². The Labute approximate surface area is 117 Å². The van der Waals surface area contributed by atoms with Crippen LogP contribution >= 0.6 is 11.8 Å². The maximum absolute atomic E-state index is 13.3. The van der Waals surface area contributed by atoms with E-state index in [-0.39, 0.29) is 10.6 Å². The number of thioether (sulfide) groups is 1. The lowest BCUT2D eigenvalue weighted by molar-refractivity contribution is 0.434. The number of anilines is 1. The fraction of sp³-hybridized carbons (Fsp3) is 0.500. The lowest BCUT2D eigenvalue weighted by atomic mass is 10.2. The Bertz CT molecular complexity index is 567. The van der Waals surface area contributed by atoms with E-state index >= 15 is 0 Å². The van der Waals surface area contributed by atoms with Crippen molar-refractivity contribution in [3.05, 3.63) is 23.5 Å². The third-order valence-electron chi connectivity index (χ3n) is 3.09. The lowest BCUT2D eigenvalue weighted by Crippen LogP contribution is -2.33. The number of hydrogen-bond donors (Lipinski definition) is 1. The van der Waals surface area contributed by atoms with E-state index in [1.807, 2.05) is 0 Å². The Morgan fingerprint density at radius 3 is 2.79 bits per heavy atom. The molecule has 2 rings (SSSR count). The van der Waals surface area contributed by atoms with Gasteiger partial charge in [0.25, 0.3) is 0 Å². The van der Waals surface area contributed by atoms with Gasteiger partial charge < -0.3 is 5.73 Å². The van der Waals surface area contributed by atoms with Gasteiger partial charge in [-0.2, -0.15) is 16.1 Å². The molecule has 0 aromatic heterocycles. The van der Waals surface area contributed by atoms with E-state index in [9.17, 15) is 12.8 Å². The summed E-state index contributed by atoms with van der Waals surface area (Å²) < 4.78 is 39.9. The molecule has 0 bridgehead atoms. The maximum Gasteiger partial charge on any atom is 0.243 e. The topological polar surface area (TPSA) is 63.4 Å². The van der Waals surface area contributed by atoms with Crippen molar-refractivity contribution in [3.63, 3.8) is 0 Å². The monoisotopic (exact) mass is 304 g/mol. The number of benzene rings is 1. The van der Waals surface area contributed by atoms with E-state index in [0.29, 0.717) is 18.7 Å². The van der Waals surface area contributed by atoms with E-state index in [1.54, 1.807) is 18.7 Å². The normalized spacial score (nSPS) is 18.2. The van der Waals surface area contributed by atoms with Crippen molar-refractivity contribution >= 4 is 27.5 Å². The van der Waals surface area contributed by atoms with Crippen LogP contribution in [0.4, 0.5) is 10.1 Å². The van der Waals surface area contributed by atoms with Crippen molar-refractivity contribution in [1.82, 2.24) is 4.31 Å². The van der Waals surface area contributed by atoms with Crippen LogP contribution in [0, 0.1) is 12.7 Å². The van der Waals surface area contributed by atoms with Gasteiger partial charge in [0.1, 0.15) is 5.82 Å². The average Bonchev–Trinajstić information content (AvgIpc) is 2.62. The maximum atomic E-state index is 13.3. The van der Waals surface area contributed by atoms with Gasteiger partial charge in [-0.3, -0.25) is 0 Å². The Morgan fingerprint density at radius 2 is 2.05 bits per heavy atom. The summed E-state index contributed by atoms with van der Waals surface area (Å²) in [6.45, 7) is 2.58. The van der Waals surface area contributed by atoms with Crippen LogP contribution in [0.15, 0.2) is 17.0 Å². The minimum Gasteiger partial charge on any atom is -0.396 e. The Kier molecular flexibility index (Phi) is 4.37. The van der Waals surface area contributed by atoms with E-state index in [1.165, 1.54) is 16.4 Å². The zero-order valence-corrected chi connectivity index (χ0v) is 12.4. The first-order valence-corrected chi connectivity index (χ1v) is 8.66. The van der Waals surface area contributed by atoms with E-state index in [4.69, 9.17) is 5.73 Å². The second-order valence-electron chi connectivity index (χ2n) is 4.51. The molecule has 19 heavy (non-hydrogen) atoms. The van der Waals surface area contributed by atoms with Gasteiger partial charge in [0.05, 0.1) is 10.6 Å². The number of hydrogen-bond acceptors (Lipinski definition) is 4. The van der Waals surface area contributed by atoms with Crippen molar-refractivity contribution in [2.75, 3.05) is 30.3 Å². The fourth-order valence-corrected chi connectivity index (χ4v) is 4.77. The smallest absolute Gasteiger partial charge is 0.243 e. The molecule has 7 heteroatoms. The van der Waals surface area contributed by atoms with Crippen molar-refractivity contribution < 1.29 is 12.8 Å². The first kappa shape index (κ1) is 14.6. The predicted molar refractivity (Wildman–Crippen MR) is 76.3 cm³/mol. The molecule has 1 aliphatic heterocycles. The largest absolute Gasteiger partial charge is 0.396 e. The molecule has 0 unspecified atom stereocenters. The number of nitrogens with two attached hydrogens (primary N) is 1. The van der Waals surface area contributed by atoms with Gasteiger partial charge >= 0.3 is 0 Å². The molecule has 0 aliphatic carbocycles. The van der Waals surface area contributed by atoms with Crippen LogP contribution < -0.4 is 5.73 Å². The van der Waals surface area contributed by atoms with Gasteiger partial charge in [-0.25, -0.2) is 12.8 Å². The first-order valence-electron chi connectivity index (χ1n) is 6.06. The highest BCUT2D eigenvalue weighted by Crippen LogP contribution is 2.26. The summed E-state index contributed by atoms with van der Waals surface area (Å²) in [5.74, 6) is 1.17. The second kappa shape index (κ2) is 5.68. The highest BCUT2D eigenvalue weighted by Gasteiger charge is 2.27. The molecule has 1 heterocycles. The van der Waals surface area contributed by atoms with Crippen LogP contribution in [0.5, 0.6) is 0 Å². The van der Waals surface area contributed by atoms with Crippen molar-refractivity contribution in [2.45, 2.75) is 18.2 Å². The van der Waals surface area contributed by atoms with E-state index in [0.717, 1.165) is 17.9 Å². The van der Waals surface area contributed by atoms with Crippen molar-refractivity contribution in [1.29, 1.82) is 0 Å². The minimum absolute atomic E-state index is 0.110. The summed E-state index contributed by atoms with van der Waals surface area (Å²) in [6, 6.07) is 2.40. The van der Waals surface area contributed by atoms with Gasteiger partial charge in [0.15, 0.2) is 0 Å². The molecule has 1 aliphatic rings. The third-order valence-corrected chi connectivity index (χ3v) is 6.18. The minimum atomic E-state index is -3.58. The van der Waals surface area contributed by atoms with Crippen LogP contribution in [0.25, 0.3) is 0 Å². The Hall–Kier alpha value is -0.790. The van der Waals surface area contributed by atoms with E-state index in [2.05, 4.69) is 0 Å². The molecule has 4 nitrogen and oxygen atoms in total. The average molecular weight is 304 g/mol. The highest BCUT2D eigenvalue weighted by atomic mass is 32.2. The number of sulfonamides is 1. The van der Waals surface area contributed by atoms with Crippen molar-refractivity contribution in [3.8, 4) is 0 Å². The zero-order valence-electron chi connectivity index (χ0n) is 10.7. The summed E-state index contributed by atoms with van der Waals surface area (Å²) >= 11 is 1.75. The molecule has 0 saturated carbocycles. The molecular formula is C12H17FN2O2S2. The molecule has 1 aromatic carbocycles. The van der Waals surface area contributed by atoms with Gasteiger partial charge in [-0.05, 0) is 36.8 Å². The molecule has 1 aromatic rings. The van der Waals surface area contributed by atoms with Gasteiger partial charge in [-0.15, -0.1) is 0 Å². The van der Waals surface area contributed by atoms with Gasteiger partial charge in [0, 0.05) is 18.8 Å². The van der Waals surface area contributed by atoms with Crippen LogP contribution in [0.1, 0.15) is 12.0 Å². The Balaban J connectivity index is 2.41. The molecule has 1 saturated heterocycles. The molecule has 106 valence electrons. The summed E-state index contributed by atoms with van der Waals surface area (Å²) in [6.07, 6.45) is 0.833.